The highest BCUT2D eigenvalue weighted by molar-refractivity contribution is 8.18. The van der Waals surface area contributed by atoms with Gasteiger partial charge >= 0.3 is 5.97 Å². The minimum Gasteiger partial charge on any atom is -0.462 e. The van der Waals surface area contributed by atoms with Gasteiger partial charge in [-0.3, -0.25) is 9.69 Å². The Bertz CT molecular complexity index is 1330. The van der Waals surface area contributed by atoms with Crippen molar-refractivity contribution >= 4 is 40.6 Å². The Hall–Kier alpha value is -3.62. The van der Waals surface area contributed by atoms with Gasteiger partial charge in [0.1, 0.15) is 0 Å². The highest BCUT2D eigenvalue weighted by Crippen LogP contribution is 2.35. The number of rotatable bonds is 9. The molecule has 1 aliphatic heterocycles. The molecule has 192 valence electrons. The number of thioether (sulfide) groups is 1. The topological polar surface area (TPSA) is 73.1 Å². The Labute approximate surface area is 221 Å². The fraction of sp³-hybridized carbons (Fsp3) is 0.276. The smallest absolute Gasteiger partial charge is 0.338 e. The largest absolute Gasteiger partial charge is 0.462 e. The van der Waals surface area contributed by atoms with Crippen LogP contribution in [0.1, 0.15) is 40.7 Å². The molecule has 1 aromatic heterocycles. The Morgan fingerprint density at radius 2 is 1.81 bits per heavy atom. The number of nitrogens with zero attached hydrogens (tertiary/aromatic N) is 3. The first kappa shape index (κ1) is 26.4. The number of hydrogen-bond acceptors (Lipinski definition) is 6. The normalized spacial score (nSPS) is 15.7. The molecule has 0 spiro atoms. The van der Waals surface area contributed by atoms with Crippen LogP contribution < -0.4 is 0 Å². The molecule has 0 saturated carbocycles. The van der Waals surface area contributed by atoms with Gasteiger partial charge in [-0.2, -0.15) is 0 Å². The van der Waals surface area contributed by atoms with E-state index in [1.165, 1.54) is 11.8 Å². The molecule has 0 radical (unpaired) electrons. The maximum Gasteiger partial charge on any atom is 0.338 e. The summed E-state index contributed by atoms with van der Waals surface area (Å²) in [6.07, 6.45) is 2.66. The van der Waals surface area contributed by atoms with Crippen LogP contribution in [-0.2, 0) is 14.3 Å². The Balaban J connectivity index is 1.64. The van der Waals surface area contributed by atoms with Crippen LogP contribution in [0.4, 0.5) is 5.69 Å². The van der Waals surface area contributed by atoms with E-state index in [2.05, 4.69) is 10.6 Å². The standard InChI is InChI=1S/C29H31N3O4S/c1-5-36-28(34)22-12-14-25(15-13-22)32-20(2)18-23(21(32)3)19-26-27(33)31(16-9-17-35-4)29(37-26)30-24-10-7-6-8-11-24/h6-8,10-15,18-19H,5,9,16-17H2,1-4H3/b26-19-,30-29?. The fourth-order valence-corrected chi connectivity index (χ4v) is 5.22. The number of methoxy groups -OCH3 is 1. The predicted octanol–water partition coefficient (Wildman–Crippen LogP) is 5.91. The summed E-state index contributed by atoms with van der Waals surface area (Å²) in [4.78, 5) is 32.5. The number of ether oxygens (including phenoxy) is 2. The highest BCUT2D eigenvalue weighted by atomic mass is 32.2. The lowest BCUT2D eigenvalue weighted by Crippen LogP contribution is -2.30. The number of aryl methyl sites for hydroxylation is 1. The van der Waals surface area contributed by atoms with Gasteiger partial charge < -0.3 is 14.0 Å². The number of hydrogen-bond donors (Lipinski definition) is 0. The summed E-state index contributed by atoms with van der Waals surface area (Å²) < 4.78 is 12.4. The Morgan fingerprint density at radius 3 is 2.49 bits per heavy atom. The van der Waals surface area contributed by atoms with Crippen molar-refractivity contribution in [3.05, 3.63) is 88.1 Å². The molecule has 2 aromatic carbocycles. The number of esters is 1. The maximum atomic E-state index is 13.4. The van der Waals surface area contributed by atoms with Crippen molar-refractivity contribution in [3.8, 4) is 5.69 Å². The van der Waals surface area contributed by atoms with Gasteiger partial charge in [-0.1, -0.05) is 18.2 Å². The van der Waals surface area contributed by atoms with Crippen molar-refractivity contribution in [2.24, 2.45) is 4.99 Å². The zero-order valence-electron chi connectivity index (χ0n) is 21.6. The Morgan fingerprint density at radius 1 is 1.08 bits per heavy atom. The average molecular weight is 518 g/mol. The third kappa shape index (κ3) is 6.03. The third-order valence-corrected chi connectivity index (χ3v) is 7.00. The monoisotopic (exact) mass is 517 g/mol. The molecular weight excluding hydrogens is 486 g/mol. The summed E-state index contributed by atoms with van der Waals surface area (Å²) >= 11 is 1.39. The van der Waals surface area contributed by atoms with Gasteiger partial charge in [0.05, 0.1) is 22.8 Å². The molecule has 3 aromatic rings. The summed E-state index contributed by atoms with van der Waals surface area (Å²) in [7, 11) is 1.66. The molecule has 2 heterocycles. The van der Waals surface area contributed by atoms with Crippen LogP contribution in [0.15, 0.2) is 70.6 Å². The SMILES string of the molecule is CCOC(=O)c1ccc(-n2c(C)cc(/C=C3\SC(=Nc4ccccc4)N(CCCOC)C3=O)c2C)cc1. The fourth-order valence-electron chi connectivity index (χ4n) is 4.20. The van der Waals surface area contributed by atoms with Gasteiger partial charge in [-0.05, 0) is 93.1 Å². The lowest BCUT2D eigenvalue weighted by Gasteiger charge is -2.15. The second-order valence-electron chi connectivity index (χ2n) is 8.57. The lowest BCUT2D eigenvalue weighted by molar-refractivity contribution is -0.122. The maximum absolute atomic E-state index is 13.4. The third-order valence-electron chi connectivity index (χ3n) is 5.99. The van der Waals surface area contributed by atoms with Crippen LogP contribution in [0, 0.1) is 13.8 Å². The van der Waals surface area contributed by atoms with Crippen molar-refractivity contribution in [3.63, 3.8) is 0 Å². The Kier molecular flexibility index (Phi) is 8.63. The number of carbonyl (C=O) groups excluding carboxylic acids is 2. The molecule has 1 fully saturated rings. The number of benzene rings is 2. The van der Waals surface area contributed by atoms with Crippen LogP contribution >= 0.6 is 11.8 Å². The van der Waals surface area contributed by atoms with E-state index in [0.717, 1.165) is 34.7 Å². The van der Waals surface area contributed by atoms with E-state index in [-0.39, 0.29) is 11.9 Å². The van der Waals surface area contributed by atoms with Gasteiger partial charge in [0.15, 0.2) is 5.17 Å². The van der Waals surface area contributed by atoms with Crippen LogP contribution in [0.3, 0.4) is 0 Å². The summed E-state index contributed by atoms with van der Waals surface area (Å²) in [5.41, 5.74) is 5.24. The summed E-state index contributed by atoms with van der Waals surface area (Å²) in [6.45, 7) is 7.29. The van der Waals surface area contributed by atoms with E-state index in [4.69, 9.17) is 14.5 Å². The first-order valence-electron chi connectivity index (χ1n) is 12.2. The van der Waals surface area contributed by atoms with Crippen molar-refractivity contribution in [1.82, 2.24) is 9.47 Å². The predicted molar refractivity (Wildman–Crippen MR) is 149 cm³/mol. The number of carbonyl (C=O) groups is 2. The molecule has 37 heavy (non-hydrogen) atoms. The van der Waals surface area contributed by atoms with E-state index in [9.17, 15) is 9.59 Å². The van der Waals surface area contributed by atoms with E-state index in [1.54, 1.807) is 31.1 Å². The summed E-state index contributed by atoms with van der Waals surface area (Å²) in [5, 5.41) is 0.668. The molecule has 7 nitrogen and oxygen atoms in total. The van der Waals surface area contributed by atoms with Crippen LogP contribution in [0.5, 0.6) is 0 Å². The average Bonchev–Trinajstić information content (AvgIpc) is 3.34. The quantitative estimate of drug-likeness (QED) is 0.200. The number of aliphatic imine (C=N–C) groups is 1. The van der Waals surface area contributed by atoms with Gasteiger partial charge in [0, 0.05) is 37.3 Å². The molecule has 1 saturated heterocycles. The van der Waals surface area contributed by atoms with Crippen molar-refractivity contribution in [2.75, 3.05) is 26.9 Å². The molecule has 8 heteroatoms. The first-order valence-corrected chi connectivity index (χ1v) is 13.0. The highest BCUT2D eigenvalue weighted by Gasteiger charge is 2.33. The van der Waals surface area contributed by atoms with E-state index >= 15 is 0 Å². The van der Waals surface area contributed by atoms with Gasteiger partial charge in [0.2, 0.25) is 0 Å². The zero-order chi connectivity index (χ0) is 26.4. The summed E-state index contributed by atoms with van der Waals surface area (Å²) in [5.74, 6) is -0.389. The number of amides is 1. The number of para-hydroxylation sites is 1. The molecule has 4 rings (SSSR count). The molecule has 0 unspecified atom stereocenters. The van der Waals surface area contributed by atoms with Crippen LogP contribution in [0.25, 0.3) is 11.8 Å². The second kappa shape index (κ2) is 12.1. The number of aromatic nitrogens is 1. The van der Waals surface area contributed by atoms with Crippen molar-refractivity contribution in [1.29, 1.82) is 0 Å². The zero-order valence-corrected chi connectivity index (χ0v) is 22.4. The molecule has 0 atom stereocenters. The minimum absolute atomic E-state index is 0.0561. The molecule has 1 amide bonds. The first-order chi connectivity index (χ1) is 17.9. The van der Waals surface area contributed by atoms with Gasteiger partial charge in [-0.15, -0.1) is 0 Å². The van der Waals surface area contributed by atoms with Crippen molar-refractivity contribution in [2.45, 2.75) is 27.2 Å². The second-order valence-corrected chi connectivity index (χ2v) is 9.58. The minimum atomic E-state index is -0.333. The summed E-state index contributed by atoms with van der Waals surface area (Å²) in [6, 6.07) is 19.1. The van der Waals surface area contributed by atoms with E-state index < -0.39 is 0 Å². The molecule has 0 N–H and O–H groups in total. The number of amidine groups is 1. The molecule has 0 aliphatic carbocycles. The molecular formula is C29H31N3O4S. The van der Waals surface area contributed by atoms with E-state index in [1.807, 2.05) is 62.4 Å². The van der Waals surface area contributed by atoms with Gasteiger partial charge in [0.25, 0.3) is 5.91 Å². The van der Waals surface area contributed by atoms with E-state index in [0.29, 0.717) is 35.4 Å². The van der Waals surface area contributed by atoms with Gasteiger partial charge in [-0.25, -0.2) is 9.79 Å². The molecule has 1 aliphatic rings. The van der Waals surface area contributed by atoms with Crippen molar-refractivity contribution < 1.29 is 19.1 Å². The van der Waals surface area contributed by atoms with Crippen LogP contribution in [0.2, 0.25) is 0 Å². The molecule has 0 bridgehead atoms. The lowest BCUT2D eigenvalue weighted by atomic mass is 10.2. The van der Waals surface area contributed by atoms with Crippen LogP contribution in [-0.4, -0.2) is 53.4 Å².